The highest BCUT2D eigenvalue weighted by Gasteiger charge is 2.39. The van der Waals surface area contributed by atoms with Crippen LogP contribution in [0.3, 0.4) is 0 Å². The molecule has 160 valence electrons. The molecule has 0 saturated carbocycles. The lowest BCUT2D eigenvalue weighted by atomic mass is 9.91. The standard InChI is InChI=1S/C25H27N3O3/c1-16-17(2)22-14-27(23-15-31-11-8-24(23)29)25(30)21(22)13-19(16)12-18-4-6-20(7-5-18)28-10-3-9-26-28/h3-7,9-10,13,23-24,29H,8,11-12,14-15H2,1-2H3/t23-,24-/m0/s1. The number of amides is 1. The largest absolute Gasteiger partial charge is 0.391 e. The minimum atomic E-state index is -0.527. The number of benzene rings is 2. The van der Waals surface area contributed by atoms with Crippen LogP contribution >= 0.6 is 0 Å². The van der Waals surface area contributed by atoms with E-state index in [0.717, 1.165) is 23.2 Å². The average Bonchev–Trinajstić information content (AvgIpc) is 3.42. The third-order valence-corrected chi connectivity index (χ3v) is 6.75. The molecular formula is C25H27N3O3. The molecule has 5 rings (SSSR count). The molecule has 0 bridgehead atoms. The molecule has 1 N–H and O–H groups in total. The van der Waals surface area contributed by atoms with Gasteiger partial charge in [0.15, 0.2) is 0 Å². The van der Waals surface area contributed by atoms with E-state index in [1.807, 2.05) is 16.9 Å². The number of aromatic nitrogens is 2. The lowest BCUT2D eigenvalue weighted by Gasteiger charge is -2.34. The molecule has 6 nitrogen and oxygen atoms in total. The fourth-order valence-corrected chi connectivity index (χ4v) is 4.70. The highest BCUT2D eigenvalue weighted by molar-refractivity contribution is 5.99. The molecule has 0 aliphatic carbocycles. The van der Waals surface area contributed by atoms with Crippen molar-refractivity contribution in [2.45, 2.75) is 45.4 Å². The number of rotatable bonds is 4. The van der Waals surface area contributed by atoms with Crippen molar-refractivity contribution in [3.63, 3.8) is 0 Å². The second kappa shape index (κ2) is 7.94. The molecule has 0 spiro atoms. The van der Waals surface area contributed by atoms with Crippen molar-refractivity contribution in [1.82, 2.24) is 14.7 Å². The summed E-state index contributed by atoms with van der Waals surface area (Å²) in [4.78, 5) is 15.0. The molecule has 2 atom stereocenters. The van der Waals surface area contributed by atoms with Gasteiger partial charge in [-0.25, -0.2) is 4.68 Å². The van der Waals surface area contributed by atoms with Crippen LogP contribution in [0.15, 0.2) is 48.8 Å². The molecule has 3 aromatic rings. The minimum absolute atomic E-state index is 0.00271. The van der Waals surface area contributed by atoms with Crippen molar-refractivity contribution in [2.24, 2.45) is 0 Å². The fraction of sp³-hybridized carbons (Fsp3) is 0.360. The Morgan fingerprint density at radius 1 is 1.19 bits per heavy atom. The summed E-state index contributed by atoms with van der Waals surface area (Å²) in [5.41, 5.74) is 7.62. The zero-order chi connectivity index (χ0) is 21.5. The monoisotopic (exact) mass is 417 g/mol. The predicted molar refractivity (Wildman–Crippen MR) is 117 cm³/mol. The van der Waals surface area contributed by atoms with Crippen LogP contribution in [0.25, 0.3) is 5.69 Å². The van der Waals surface area contributed by atoms with Gasteiger partial charge in [0.25, 0.3) is 5.91 Å². The van der Waals surface area contributed by atoms with E-state index in [2.05, 4.69) is 49.3 Å². The molecule has 3 heterocycles. The van der Waals surface area contributed by atoms with E-state index in [4.69, 9.17) is 4.74 Å². The maximum absolute atomic E-state index is 13.2. The number of ether oxygens (including phenoxy) is 1. The summed E-state index contributed by atoms with van der Waals surface area (Å²) in [5.74, 6) is 0.00271. The molecule has 0 unspecified atom stereocenters. The third kappa shape index (κ3) is 3.56. The van der Waals surface area contributed by atoms with Crippen molar-refractivity contribution in [3.8, 4) is 5.69 Å². The third-order valence-electron chi connectivity index (χ3n) is 6.75. The van der Waals surface area contributed by atoms with E-state index in [1.54, 1.807) is 11.1 Å². The van der Waals surface area contributed by atoms with E-state index in [1.165, 1.54) is 22.3 Å². The maximum Gasteiger partial charge on any atom is 0.254 e. The molecular weight excluding hydrogens is 390 g/mol. The van der Waals surface area contributed by atoms with Gasteiger partial charge in [0.1, 0.15) is 0 Å². The first-order valence-corrected chi connectivity index (χ1v) is 10.8. The van der Waals surface area contributed by atoms with Crippen molar-refractivity contribution >= 4 is 5.91 Å². The second-order valence-electron chi connectivity index (χ2n) is 8.54. The molecule has 2 aromatic carbocycles. The van der Waals surface area contributed by atoms with Gasteiger partial charge in [0, 0.05) is 31.1 Å². The zero-order valence-electron chi connectivity index (χ0n) is 17.9. The molecule has 31 heavy (non-hydrogen) atoms. The van der Waals surface area contributed by atoms with E-state index < -0.39 is 6.10 Å². The Labute approximate surface area is 182 Å². The quantitative estimate of drug-likeness (QED) is 0.708. The number of nitrogens with zero attached hydrogens (tertiary/aromatic N) is 3. The molecule has 2 aliphatic heterocycles. The molecule has 6 heteroatoms. The smallest absolute Gasteiger partial charge is 0.254 e. The second-order valence-corrected chi connectivity index (χ2v) is 8.54. The molecule has 1 fully saturated rings. The highest BCUT2D eigenvalue weighted by atomic mass is 16.5. The number of aliphatic hydroxyl groups excluding tert-OH is 1. The van der Waals surface area contributed by atoms with Crippen LogP contribution in [-0.2, 0) is 17.7 Å². The van der Waals surface area contributed by atoms with Crippen molar-refractivity contribution in [2.75, 3.05) is 13.2 Å². The SMILES string of the molecule is Cc1c(Cc2ccc(-n3cccn3)cc2)cc2c(c1C)CN([C@H]1COCC[C@@H]1O)C2=O. The van der Waals surface area contributed by atoms with E-state index in [9.17, 15) is 9.90 Å². The van der Waals surface area contributed by atoms with Gasteiger partial charge < -0.3 is 14.7 Å². The van der Waals surface area contributed by atoms with E-state index >= 15 is 0 Å². The topological polar surface area (TPSA) is 67.6 Å². The molecule has 1 saturated heterocycles. The Morgan fingerprint density at radius 2 is 2.00 bits per heavy atom. The van der Waals surface area contributed by atoms with E-state index in [0.29, 0.717) is 26.2 Å². The van der Waals surface area contributed by atoms with Crippen LogP contribution in [0.4, 0.5) is 0 Å². The van der Waals surface area contributed by atoms with Gasteiger partial charge in [-0.3, -0.25) is 4.79 Å². The normalized spacial score (nSPS) is 20.9. The van der Waals surface area contributed by atoms with Crippen molar-refractivity contribution in [3.05, 3.63) is 82.2 Å². The van der Waals surface area contributed by atoms with Gasteiger partial charge >= 0.3 is 0 Å². The van der Waals surface area contributed by atoms with Crippen LogP contribution in [0.5, 0.6) is 0 Å². The van der Waals surface area contributed by atoms with Gasteiger partial charge in [-0.1, -0.05) is 12.1 Å². The van der Waals surface area contributed by atoms with Crippen LogP contribution in [0, 0.1) is 13.8 Å². The van der Waals surface area contributed by atoms with Gasteiger partial charge in [0.05, 0.1) is 24.4 Å². The number of hydrogen-bond acceptors (Lipinski definition) is 4. The highest BCUT2D eigenvalue weighted by Crippen LogP contribution is 2.33. The van der Waals surface area contributed by atoms with E-state index in [-0.39, 0.29) is 11.9 Å². The first-order chi connectivity index (χ1) is 15.0. The van der Waals surface area contributed by atoms with Crippen molar-refractivity contribution in [1.29, 1.82) is 0 Å². The van der Waals surface area contributed by atoms with Crippen LogP contribution in [0.1, 0.15) is 44.6 Å². The summed E-state index contributed by atoms with van der Waals surface area (Å²) in [6.45, 7) is 5.73. The zero-order valence-corrected chi connectivity index (χ0v) is 17.9. The van der Waals surface area contributed by atoms with Gasteiger partial charge in [-0.2, -0.15) is 5.10 Å². The lowest BCUT2D eigenvalue weighted by molar-refractivity contribution is -0.0528. The predicted octanol–water partition coefficient (Wildman–Crippen LogP) is 3.19. The lowest BCUT2D eigenvalue weighted by Crippen LogP contribution is -2.49. The Morgan fingerprint density at radius 3 is 2.71 bits per heavy atom. The number of carbonyl (C=O) groups excluding carboxylic acids is 1. The number of hydrogen-bond donors (Lipinski definition) is 1. The minimum Gasteiger partial charge on any atom is -0.391 e. The Bertz CT molecular complexity index is 1110. The van der Waals surface area contributed by atoms with Crippen LogP contribution in [-0.4, -0.2) is 51.1 Å². The summed E-state index contributed by atoms with van der Waals surface area (Å²) in [7, 11) is 0. The number of fused-ring (bicyclic) bond motifs is 1. The Kier molecular flexibility index (Phi) is 5.12. The Hall–Kier alpha value is -2.96. The maximum atomic E-state index is 13.2. The number of aliphatic hydroxyl groups is 1. The van der Waals surface area contributed by atoms with Gasteiger partial charge in [-0.05, 0) is 78.8 Å². The molecule has 1 amide bonds. The molecule has 2 aliphatic rings. The van der Waals surface area contributed by atoms with Gasteiger partial charge in [-0.15, -0.1) is 0 Å². The Balaban J connectivity index is 1.41. The summed E-state index contributed by atoms with van der Waals surface area (Å²) in [6.07, 6.45) is 4.50. The molecule has 1 aromatic heterocycles. The van der Waals surface area contributed by atoms with Crippen molar-refractivity contribution < 1.29 is 14.6 Å². The summed E-state index contributed by atoms with van der Waals surface area (Å²) >= 11 is 0. The fourth-order valence-electron chi connectivity index (χ4n) is 4.70. The number of carbonyl (C=O) groups is 1. The summed E-state index contributed by atoms with van der Waals surface area (Å²) in [5, 5.41) is 14.7. The van der Waals surface area contributed by atoms with Crippen LogP contribution in [0.2, 0.25) is 0 Å². The summed E-state index contributed by atoms with van der Waals surface area (Å²) < 4.78 is 7.38. The average molecular weight is 418 g/mol. The van der Waals surface area contributed by atoms with Crippen LogP contribution < -0.4 is 0 Å². The first kappa shape index (κ1) is 20.0. The van der Waals surface area contributed by atoms with Gasteiger partial charge in [0.2, 0.25) is 0 Å². The first-order valence-electron chi connectivity index (χ1n) is 10.8. The molecule has 0 radical (unpaired) electrons. The summed E-state index contributed by atoms with van der Waals surface area (Å²) in [6, 6.07) is 12.0.